The Hall–Kier alpha value is -3.28. The number of rotatable bonds is 2. The van der Waals surface area contributed by atoms with E-state index in [0.717, 1.165) is 11.1 Å². The molecule has 3 unspecified atom stereocenters. The first kappa shape index (κ1) is 24.1. The number of ketones is 3. The van der Waals surface area contributed by atoms with Crippen molar-refractivity contribution in [3.8, 4) is 0 Å². The van der Waals surface area contributed by atoms with Crippen LogP contribution >= 0.6 is 23.2 Å². The molecule has 3 atom stereocenters. The summed E-state index contributed by atoms with van der Waals surface area (Å²) in [4.78, 5) is 43.4. The van der Waals surface area contributed by atoms with Gasteiger partial charge in [0.15, 0.2) is 17.3 Å². The SMILES string of the molecule is CC(C)(C)C(=O)C1C(c2ccc(Cl)cc2Cl)C2(C(=O)c3ccccc3C2=O)C2c3ccccc3C=NN12. The average Bonchev–Trinajstić information content (AvgIpc) is 3.29. The first-order chi connectivity index (χ1) is 17.6. The summed E-state index contributed by atoms with van der Waals surface area (Å²) in [6.07, 6.45) is 1.70. The first-order valence-electron chi connectivity index (χ1n) is 12.2. The Kier molecular flexibility index (Phi) is 5.28. The van der Waals surface area contributed by atoms with Crippen LogP contribution in [0.25, 0.3) is 0 Å². The molecule has 0 bridgehead atoms. The second-order valence-corrected chi connectivity index (χ2v) is 11.8. The monoisotopic (exact) mass is 530 g/mol. The van der Waals surface area contributed by atoms with E-state index in [2.05, 4.69) is 0 Å². The van der Waals surface area contributed by atoms with E-state index in [9.17, 15) is 14.4 Å². The Labute approximate surface area is 225 Å². The van der Waals surface area contributed by atoms with Crippen molar-refractivity contribution in [3.05, 3.63) is 105 Å². The van der Waals surface area contributed by atoms with Crippen molar-refractivity contribution in [2.45, 2.75) is 38.8 Å². The molecule has 0 aromatic heterocycles. The van der Waals surface area contributed by atoms with E-state index in [0.29, 0.717) is 26.7 Å². The zero-order valence-electron chi connectivity index (χ0n) is 20.5. The molecule has 0 radical (unpaired) electrons. The standard InChI is InChI=1S/C30H24Cl2N2O3/c1-29(2,3)28(37)24-23(21-13-12-17(31)14-22(21)32)30(26(35)19-10-6-7-11-20(19)27(30)36)25-18-9-5-4-8-16(18)15-33-34(24)25/h4-15,23-25H,1-3H3. The Balaban J connectivity index is 1.73. The molecule has 6 rings (SSSR count). The minimum absolute atomic E-state index is 0.126. The van der Waals surface area contributed by atoms with Crippen LogP contribution in [-0.4, -0.2) is 34.6 Å². The molecule has 0 amide bonds. The molecule has 37 heavy (non-hydrogen) atoms. The maximum absolute atomic E-state index is 14.6. The highest BCUT2D eigenvalue weighted by atomic mass is 35.5. The number of carbonyl (C=O) groups excluding carboxylic acids is 3. The van der Waals surface area contributed by atoms with Crippen molar-refractivity contribution in [1.82, 2.24) is 5.01 Å². The topological polar surface area (TPSA) is 66.8 Å². The largest absolute Gasteiger partial charge is 0.297 e. The van der Waals surface area contributed by atoms with Crippen molar-refractivity contribution < 1.29 is 14.4 Å². The molecule has 1 aliphatic carbocycles. The van der Waals surface area contributed by atoms with Crippen LogP contribution in [0.2, 0.25) is 10.0 Å². The summed E-state index contributed by atoms with van der Waals surface area (Å²) in [7, 11) is 0. The van der Waals surface area contributed by atoms with Gasteiger partial charge in [-0.3, -0.25) is 19.4 Å². The highest BCUT2D eigenvalue weighted by Crippen LogP contribution is 2.65. The normalized spacial score (nSPS) is 23.3. The van der Waals surface area contributed by atoms with Gasteiger partial charge in [-0.05, 0) is 28.8 Å². The van der Waals surface area contributed by atoms with Gasteiger partial charge in [-0.25, -0.2) is 0 Å². The number of benzene rings is 3. The summed E-state index contributed by atoms with van der Waals surface area (Å²) in [6, 6.07) is 17.8. The number of fused-ring (bicyclic) bond motifs is 5. The van der Waals surface area contributed by atoms with E-state index in [1.807, 2.05) is 45.0 Å². The Morgan fingerprint density at radius 1 is 0.892 bits per heavy atom. The van der Waals surface area contributed by atoms with Gasteiger partial charge in [0, 0.05) is 32.5 Å². The molecule has 0 N–H and O–H groups in total. The van der Waals surface area contributed by atoms with E-state index in [-0.39, 0.29) is 17.3 Å². The average molecular weight is 531 g/mol. The fraction of sp³-hybridized carbons (Fsp3) is 0.267. The van der Waals surface area contributed by atoms with Crippen molar-refractivity contribution in [2.75, 3.05) is 0 Å². The fourth-order valence-electron chi connectivity index (χ4n) is 6.32. The van der Waals surface area contributed by atoms with Gasteiger partial charge in [-0.1, -0.05) is 98.6 Å². The quantitative estimate of drug-likeness (QED) is 0.353. The summed E-state index contributed by atoms with van der Waals surface area (Å²) >= 11 is 13.0. The fourth-order valence-corrected chi connectivity index (χ4v) is 6.84. The van der Waals surface area contributed by atoms with E-state index in [4.69, 9.17) is 28.3 Å². The molecule has 0 saturated carbocycles. The highest BCUT2D eigenvalue weighted by Gasteiger charge is 2.73. The van der Waals surface area contributed by atoms with Crippen LogP contribution in [0.4, 0.5) is 0 Å². The Morgan fingerprint density at radius 3 is 2.14 bits per heavy atom. The molecule has 7 heteroatoms. The molecule has 1 fully saturated rings. The molecular formula is C30H24Cl2N2O3. The molecule has 1 spiro atoms. The van der Waals surface area contributed by atoms with Gasteiger partial charge in [-0.15, -0.1) is 0 Å². The maximum Gasteiger partial charge on any atom is 0.180 e. The second-order valence-electron chi connectivity index (χ2n) is 10.9. The van der Waals surface area contributed by atoms with Crippen molar-refractivity contribution >= 4 is 46.8 Å². The lowest BCUT2D eigenvalue weighted by Crippen LogP contribution is -2.45. The highest BCUT2D eigenvalue weighted by molar-refractivity contribution is 6.36. The number of carbonyl (C=O) groups is 3. The third-order valence-electron chi connectivity index (χ3n) is 7.88. The summed E-state index contributed by atoms with van der Waals surface area (Å²) in [5, 5.41) is 7.15. The predicted octanol–water partition coefficient (Wildman–Crippen LogP) is 6.53. The van der Waals surface area contributed by atoms with Crippen LogP contribution in [0, 0.1) is 10.8 Å². The lowest BCUT2D eigenvalue weighted by Gasteiger charge is -2.36. The summed E-state index contributed by atoms with van der Waals surface area (Å²) in [5.41, 5.74) is 0.431. The smallest absolute Gasteiger partial charge is 0.180 e. The van der Waals surface area contributed by atoms with Crippen molar-refractivity contribution in [3.63, 3.8) is 0 Å². The summed E-state index contributed by atoms with van der Waals surface area (Å²) in [6.45, 7) is 5.51. The van der Waals surface area contributed by atoms with Crippen LogP contribution in [0.15, 0.2) is 71.8 Å². The number of halogens is 2. The molecule has 3 aliphatic rings. The zero-order valence-corrected chi connectivity index (χ0v) is 22.0. The number of nitrogens with zero attached hydrogens (tertiary/aromatic N) is 2. The van der Waals surface area contributed by atoms with Gasteiger partial charge < -0.3 is 0 Å². The molecule has 1 saturated heterocycles. The third-order valence-corrected chi connectivity index (χ3v) is 8.44. The first-order valence-corrected chi connectivity index (χ1v) is 12.9. The van der Waals surface area contributed by atoms with Crippen molar-refractivity contribution in [2.24, 2.45) is 15.9 Å². The summed E-state index contributed by atoms with van der Waals surface area (Å²) in [5.74, 6) is -1.63. The molecule has 3 aromatic rings. The van der Waals surface area contributed by atoms with Crippen LogP contribution < -0.4 is 0 Å². The van der Waals surface area contributed by atoms with Crippen molar-refractivity contribution in [1.29, 1.82) is 0 Å². The number of hydrazone groups is 1. The third kappa shape index (κ3) is 3.17. The van der Waals surface area contributed by atoms with Gasteiger partial charge in [0.05, 0.1) is 12.3 Å². The van der Waals surface area contributed by atoms with Crippen LogP contribution in [-0.2, 0) is 4.79 Å². The lowest BCUT2D eigenvalue weighted by molar-refractivity contribution is -0.131. The molecular weight excluding hydrogens is 507 g/mol. The molecule has 2 aliphatic heterocycles. The van der Waals surface area contributed by atoms with Gasteiger partial charge in [0.2, 0.25) is 0 Å². The van der Waals surface area contributed by atoms with Gasteiger partial charge in [-0.2, -0.15) is 5.10 Å². The van der Waals surface area contributed by atoms with Gasteiger partial charge in [0.25, 0.3) is 0 Å². The predicted molar refractivity (Wildman–Crippen MR) is 144 cm³/mol. The Bertz CT molecular complexity index is 1500. The minimum Gasteiger partial charge on any atom is -0.297 e. The van der Waals surface area contributed by atoms with E-state index in [1.54, 1.807) is 53.7 Å². The van der Waals surface area contributed by atoms with E-state index >= 15 is 0 Å². The van der Waals surface area contributed by atoms with E-state index < -0.39 is 28.8 Å². The van der Waals surface area contributed by atoms with Crippen LogP contribution in [0.5, 0.6) is 0 Å². The number of Topliss-reactive ketones (excluding diaryl/α,β-unsaturated/α-hetero) is 3. The number of hydrogen-bond acceptors (Lipinski definition) is 5. The Morgan fingerprint density at radius 2 is 1.51 bits per heavy atom. The minimum atomic E-state index is -1.64. The van der Waals surface area contributed by atoms with Gasteiger partial charge >= 0.3 is 0 Å². The zero-order chi connectivity index (χ0) is 26.3. The molecule has 3 aromatic carbocycles. The number of hydrogen-bond donors (Lipinski definition) is 0. The van der Waals surface area contributed by atoms with Crippen LogP contribution in [0.1, 0.15) is 70.1 Å². The second kappa shape index (κ2) is 8.11. The molecule has 2 heterocycles. The van der Waals surface area contributed by atoms with Gasteiger partial charge in [0.1, 0.15) is 11.5 Å². The van der Waals surface area contributed by atoms with E-state index in [1.165, 1.54) is 0 Å². The lowest BCUT2D eigenvalue weighted by atomic mass is 9.62. The maximum atomic E-state index is 14.6. The summed E-state index contributed by atoms with van der Waals surface area (Å²) < 4.78 is 0. The molecule has 5 nitrogen and oxygen atoms in total. The van der Waals surface area contributed by atoms with Crippen LogP contribution in [0.3, 0.4) is 0 Å². The molecule has 186 valence electrons.